The summed E-state index contributed by atoms with van der Waals surface area (Å²) >= 11 is 0. The van der Waals surface area contributed by atoms with Crippen LogP contribution in [0.25, 0.3) is 0 Å². The normalized spacial score (nSPS) is 23.9. The first-order valence-electron chi connectivity index (χ1n) is 6.01. The molecule has 4 heteroatoms. The molecule has 3 rings (SSSR count). The van der Waals surface area contributed by atoms with Crippen molar-refractivity contribution < 1.29 is 13.5 Å². The minimum absolute atomic E-state index is 0.293. The van der Waals surface area contributed by atoms with Crippen LogP contribution in [0.15, 0.2) is 54.6 Å². The van der Waals surface area contributed by atoms with Gasteiger partial charge < -0.3 is 10.5 Å². The monoisotopic (exact) mass is 261 g/mol. The van der Waals surface area contributed by atoms with Crippen molar-refractivity contribution >= 4 is 0 Å². The highest BCUT2D eigenvalue weighted by Crippen LogP contribution is 2.57. The number of benzene rings is 2. The Morgan fingerprint density at radius 3 is 1.95 bits per heavy atom. The molecule has 2 nitrogen and oxygen atoms in total. The second-order valence-electron chi connectivity index (χ2n) is 4.79. The lowest BCUT2D eigenvalue weighted by molar-refractivity contribution is 0.0891. The highest BCUT2D eigenvalue weighted by Gasteiger charge is 2.69. The molecule has 1 aliphatic rings. The summed E-state index contributed by atoms with van der Waals surface area (Å²) in [5.41, 5.74) is 4.60. The molecule has 2 aromatic carbocycles. The van der Waals surface area contributed by atoms with Crippen LogP contribution < -0.4 is 10.5 Å². The molecule has 0 radical (unpaired) electrons. The van der Waals surface area contributed by atoms with Crippen molar-refractivity contribution in [3.63, 3.8) is 0 Å². The second kappa shape index (κ2) is 4.03. The summed E-state index contributed by atoms with van der Waals surface area (Å²) in [5.74, 6) is -1.49. The maximum absolute atomic E-state index is 13.2. The van der Waals surface area contributed by atoms with Crippen molar-refractivity contribution in [2.75, 3.05) is 0 Å². The Morgan fingerprint density at radius 2 is 1.42 bits per heavy atom. The molecule has 19 heavy (non-hydrogen) atoms. The van der Waals surface area contributed by atoms with Gasteiger partial charge >= 0.3 is 0 Å². The van der Waals surface area contributed by atoms with Gasteiger partial charge in [-0.25, -0.2) is 8.78 Å². The van der Waals surface area contributed by atoms with E-state index >= 15 is 0 Å². The predicted molar refractivity (Wildman–Crippen MR) is 68.4 cm³/mol. The van der Waals surface area contributed by atoms with Gasteiger partial charge in [-0.1, -0.05) is 30.3 Å². The van der Waals surface area contributed by atoms with E-state index in [-0.39, 0.29) is 6.42 Å². The zero-order valence-electron chi connectivity index (χ0n) is 10.1. The molecular formula is C15H13F2NO. The van der Waals surface area contributed by atoms with Crippen LogP contribution in [0.4, 0.5) is 8.78 Å². The number of ether oxygens (including phenoxy) is 1. The molecule has 1 atom stereocenters. The maximum Gasteiger partial charge on any atom is 0.272 e. The van der Waals surface area contributed by atoms with Crippen molar-refractivity contribution in [3.05, 3.63) is 60.2 Å². The molecule has 0 amide bonds. The van der Waals surface area contributed by atoms with Crippen LogP contribution in [0.3, 0.4) is 0 Å². The van der Waals surface area contributed by atoms with Crippen LogP contribution in [-0.4, -0.2) is 5.92 Å². The molecule has 2 N–H and O–H groups in total. The van der Waals surface area contributed by atoms with Gasteiger partial charge in [0.2, 0.25) is 0 Å². The van der Waals surface area contributed by atoms with Crippen molar-refractivity contribution in [2.45, 2.75) is 17.9 Å². The summed E-state index contributed by atoms with van der Waals surface area (Å²) in [6.45, 7) is 0. The predicted octanol–water partition coefficient (Wildman–Crippen LogP) is 3.67. The molecule has 0 saturated heterocycles. The zero-order valence-corrected chi connectivity index (χ0v) is 10.1. The van der Waals surface area contributed by atoms with E-state index < -0.39 is 11.5 Å². The SMILES string of the molecule is NC1(c2ccc(Oc3ccccc3)cc2)CC1(F)F. The molecule has 1 fully saturated rings. The van der Waals surface area contributed by atoms with Gasteiger partial charge in [-0.3, -0.25) is 0 Å². The highest BCUT2D eigenvalue weighted by atomic mass is 19.3. The fourth-order valence-corrected chi connectivity index (χ4v) is 2.06. The lowest BCUT2D eigenvalue weighted by Gasteiger charge is -2.12. The number of para-hydroxylation sites is 1. The number of rotatable bonds is 3. The number of hydrogen-bond acceptors (Lipinski definition) is 2. The van der Waals surface area contributed by atoms with E-state index in [0.717, 1.165) is 0 Å². The summed E-state index contributed by atoms with van der Waals surface area (Å²) in [7, 11) is 0. The van der Waals surface area contributed by atoms with Crippen molar-refractivity contribution in [3.8, 4) is 11.5 Å². The molecule has 0 aromatic heterocycles. The third kappa shape index (κ3) is 2.08. The largest absolute Gasteiger partial charge is 0.457 e. The van der Waals surface area contributed by atoms with E-state index in [1.807, 2.05) is 30.3 Å². The quantitative estimate of drug-likeness (QED) is 0.914. The van der Waals surface area contributed by atoms with Gasteiger partial charge in [0.05, 0.1) is 0 Å². The van der Waals surface area contributed by atoms with Gasteiger partial charge in [0.1, 0.15) is 17.0 Å². The van der Waals surface area contributed by atoms with Crippen LogP contribution >= 0.6 is 0 Å². The Hall–Kier alpha value is -1.94. The Bertz CT molecular complexity index is 583. The van der Waals surface area contributed by atoms with E-state index in [2.05, 4.69) is 0 Å². The van der Waals surface area contributed by atoms with Crippen molar-refractivity contribution in [1.29, 1.82) is 0 Å². The van der Waals surface area contributed by atoms with Crippen molar-refractivity contribution in [2.24, 2.45) is 5.73 Å². The summed E-state index contributed by atoms with van der Waals surface area (Å²) in [6, 6.07) is 15.8. The van der Waals surface area contributed by atoms with Gasteiger partial charge in [0.15, 0.2) is 0 Å². The lowest BCUT2D eigenvalue weighted by atomic mass is 10.1. The van der Waals surface area contributed by atoms with E-state index in [1.54, 1.807) is 24.3 Å². The van der Waals surface area contributed by atoms with Crippen LogP contribution in [0.2, 0.25) is 0 Å². The Labute approximate surface area is 109 Å². The molecule has 0 aliphatic heterocycles. The van der Waals surface area contributed by atoms with Gasteiger partial charge in [-0.2, -0.15) is 0 Å². The van der Waals surface area contributed by atoms with Crippen LogP contribution in [0, 0.1) is 0 Å². The topological polar surface area (TPSA) is 35.2 Å². The molecule has 98 valence electrons. The summed E-state index contributed by atoms with van der Waals surface area (Å²) < 4.78 is 31.9. The fraction of sp³-hybridized carbons (Fsp3) is 0.200. The molecule has 1 unspecified atom stereocenters. The third-order valence-electron chi connectivity index (χ3n) is 3.38. The summed E-state index contributed by atoms with van der Waals surface area (Å²) in [4.78, 5) is 0. The second-order valence-corrected chi connectivity index (χ2v) is 4.79. The number of hydrogen-bond donors (Lipinski definition) is 1. The van der Waals surface area contributed by atoms with Crippen LogP contribution in [0.1, 0.15) is 12.0 Å². The minimum atomic E-state index is -2.80. The standard InChI is InChI=1S/C15H13F2NO/c16-15(17)10-14(15,18)11-6-8-13(9-7-11)19-12-4-2-1-3-5-12/h1-9H,10,18H2. The van der Waals surface area contributed by atoms with Gasteiger partial charge in [-0.15, -0.1) is 0 Å². The molecule has 1 aliphatic carbocycles. The van der Waals surface area contributed by atoms with E-state index in [4.69, 9.17) is 10.5 Å². The molecular weight excluding hydrogens is 248 g/mol. The molecule has 0 bridgehead atoms. The zero-order chi connectivity index (χ0) is 13.5. The first-order chi connectivity index (χ1) is 9.01. The lowest BCUT2D eigenvalue weighted by Crippen LogP contribution is -2.26. The maximum atomic E-state index is 13.2. The average molecular weight is 261 g/mol. The molecule has 1 saturated carbocycles. The van der Waals surface area contributed by atoms with E-state index in [9.17, 15) is 8.78 Å². The minimum Gasteiger partial charge on any atom is -0.457 e. The third-order valence-corrected chi connectivity index (χ3v) is 3.38. The van der Waals surface area contributed by atoms with Gasteiger partial charge in [0, 0.05) is 6.42 Å². The Kier molecular flexibility index (Phi) is 2.57. The number of nitrogens with two attached hydrogens (primary N) is 1. The summed E-state index contributed by atoms with van der Waals surface area (Å²) in [6.07, 6.45) is -0.293. The van der Waals surface area contributed by atoms with E-state index in [1.165, 1.54) is 0 Å². The van der Waals surface area contributed by atoms with Gasteiger partial charge in [0.25, 0.3) is 5.92 Å². The first-order valence-corrected chi connectivity index (χ1v) is 6.01. The molecule has 2 aromatic rings. The fourth-order valence-electron chi connectivity index (χ4n) is 2.06. The number of halogens is 2. The molecule has 0 spiro atoms. The Morgan fingerprint density at radius 1 is 0.895 bits per heavy atom. The van der Waals surface area contributed by atoms with Gasteiger partial charge in [-0.05, 0) is 29.8 Å². The Balaban J connectivity index is 1.77. The molecule has 0 heterocycles. The average Bonchev–Trinajstić information content (AvgIpc) is 2.92. The van der Waals surface area contributed by atoms with Crippen molar-refractivity contribution in [1.82, 2.24) is 0 Å². The van der Waals surface area contributed by atoms with Crippen LogP contribution in [-0.2, 0) is 5.54 Å². The van der Waals surface area contributed by atoms with E-state index in [0.29, 0.717) is 17.1 Å². The highest BCUT2D eigenvalue weighted by molar-refractivity contribution is 5.40. The first kappa shape index (κ1) is 12.1. The number of alkyl halides is 2. The van der Waals surface area contributed by atoms with Crippen LogP contribution in [0.5, 0.6) is 11.5 Å². The summed E-state index contributed by atoms with van der Waals surface area (Å²) in [5, 5.41) is 0. The smallest absolute Gasteiger partial charge is 0.272 e.